The van der Waals surface area contributed by atoms with Crippen LogP contribution < -0.4 is 16.8 Å². The van der Waals surface area contributed by atoms with Crippen molar-refractivity contribution < 1.29 is 5.11 Å². The second kappa shape index (κ2) is 5.79. The van der Waals surface area contributed by atoms with E-state index in [4.69, 9.17) is 16.6 Å². The first-order valence-electron chi connectivity index (χ1n) is 3.60. The third-order valence-corrected chi connectivity index (χ3v) is 2.10. The van der Waals surface area contributed by atoms with Gasteiger partial charge in [-0.15, -0.1) is 11.8 Å². The molecule has 5 heteroatoms. The molecule has 2 atom stereocenters. The number of rotatable bonds is 5. The van der Waals surface area contributed by atoms with Gasteiger partial charge in [-0.2, -0.15) is 0 Å². The fourth-order valence-corrected chi connectivity index (χ4v) is 1.55. The smallest absolute Gasteiger partial charge is 0.106 e. The third-order valence-electron chi connectivity index (χ3n) is 1.07. The van der Waals surface area contributed by atoms with Gasteiger partial charge in [-0.25, -0.2) is 0 Å². The first-order chi connectivity index (χ1) is 5.02. The second-order valence-electron chi connectivity index (χ2n) is 2.48. The zero-order valence-corrected chi connectivity index (χ0v) is 7.77. The summed E-state index contributed by atoms with van der Waals surface area (Å²) in [7, 11) is 0. The van der Waals surface area contributed by atoms with E-state index in [9.17, 15) is 0 Å². The van der Waals surface area contributed by atoms with Crippen LogP contribution in [0.1, 0.15) is 13.8 Å². The molecule has 0 saturated heterocycles. The lowest BCUT2D eigenvalue weighted by molar-refractivity contribution is 0.283. The number of aliphatic hydroxyl groups excluding tert-OH is 1. The van der Waals surface area contributed by atoms with Gasteiger partial charge in [0.25, 0.3) is 0 Å². The van der Waals surface area contributed by atoms with E-state index in [1.54, 1.807) is 6.92 Å². The first-order valence-corrected chi connectivity index (χ1v) is 4.54. The van der Waals surface area contributed by atoms with Crippen molar-refractivity contribution in [2.75, 3.05) is 6.54 Å². The lowest BCUT2D eigenvalue weighted by Gasteiger charge is -2.15. The Kier molecular flexibility index (Phi) is 5.89. The predicted molar refractivity (Wildman–Crippen MR) is 48.9 cm³/mol. The highest BCUT2D eigenvalue weighted by atomic mass is 32.2. The summed E-state index contributed by atoms with van der Waals surface area (Å²) in [5.41, 5.74) is 10.2. The van der Waals surface area contributed by atoms with Crippen LogP contribution in [0.2, 0.25) is 0 Å². The van der Waals surface area contributed by atoms with Gasteiger partial charge in [0.1, 0.15) is 6.29 Å². The number of hydrogen-bond acceptors (Lipinski definition) is 5. The average Bonchev–Trinajstić information content (AvgIpc) is 1.82. The van der Waals surface area contributed by atoms with Crippen LogP contribution in [0.15, 0.2) is 0 Å². The number of aliphatic hydroxyl groups is 1. The van der Waals surface area contributed by atoms with Crippen LogP contribution in [-0.4, -0.2) is 28.6 Å². The fraction of sp³-hybridized carbons (Fsp3) is 1.00. The van der Waals surface area contributed by atoms with Crippen LogP contribution in [0.4, 0.5) is 0 Å². The lowest BCUT2D eigenvalue weighted by atomic mass is 10.5. The molecular weight excluding hydrogens is 162 g/mol. The molecule has 4 nitrogen and oxygen atoms in total. The molecule has 0 aromatic heterocycles. The number of hydrogen-bond donors (Lipinski definition) is 4. The van der Waals surface area contributed by atoms with Crippen molar-refractivity contribution in [1.29, 1.82) is 0 Å². The van der Waals surface area contributed by atoms with Gasteiger partial charge in [0.2, 0.25) is 0 Å². The SMILES string of the molecule is CC(O)SC(C)CNC(N)N. The summed E-state index contributed by atoms with van der Waals surface area (Å²) in [6, 6.07) is 0. The van der Waals surface area contributed by atoms with E-state index in [0.29, 0.717) is 11.8 Å². The van der Waals surface area contributed by atoms with E-state index in [0.717, 1.165) is 0 Å². The zero-order valence-electron chi connectivity index (χ0n) is 6.95. The average molecular weight is 179 g/mol. The van der Waals surface area contributed by atoms with Crippen LogP contribution in [0.25, 0.3) is 0 Å². The molecule has 11 heavy (non-hydrogen) atoms. The van der Waals surface area contributed by atoms with Crippen molar-refractivity contribution in [1.82, 2.24) is 5.32 Å². The predicted octanol–water partition coefficient (Wildman–Crippen LogP) is -0.763. The van der Waals surface area contributed by atoms with Crippen LogP contribution in [0.3, 0.4) is 0 Å². The molecule has 0 saturated carbocycles. The van der Waals surface area contributed by atoms with E-state index in [-0.39, 0.29) is 5.44 Å². The molecule has 0 aromatic rings. The molecule has 0 heterocycles. The molecule has 0 radical (unpaired) electrons. The molecule has 6 N–H and O–H groups in total. The summed E-state index contributed by atoms with van der Waals surface area (Å²) in [6.45, 7) is 4.46. The Morgan fingerprint density at radius 2 is 2.00 bits per heavy atom. The number of thioether (sulfide) groups is 1. The molecule has 0 rings (SSSR count). The van der Waals surface area contributed by atoms with Crippen LogP contribution in [-0.2, 0) is 0 Å². The first kappa shape index (κ1) is 11.2. The summed E-state index contributed by atoms with van der Waals surface area (Å²) in [6.07, 6.45) is -0.466. The fourth-order valence-electron chi connectivity index (χ4n) is 0.686. The van der Waals surface area contributed by atoms with Crippen molar-refractivity contribution in [3.05, 3.63) is 0 Å². The summed E-state index contributed by atoms with van der Waals surface area (Å²) in [4.78, 5) is 0. The van der Waals surface area contributed by atoms with Gasteiger partial charge < -0.3 is 16.6 Å². The molecule has 0 aliphatic carbocycles. The molecule has 0 amide bonds. The minimum atomic E-state index is -0.466. The molecule has 0 fully saturated rings. The Labute approximate surface area is 71.7 Å². The number of nitrogens with two attached hydrogens (primary N) is 2. The highest BCUT2D eigenvalue weighted by Crippen LogP contribution is 2.13. The summed E-state index contributed by atoms with van der Waals surface area (Å²) < 4.78 is 0. The Morgan fingerprint density at radius 3 is 2.36 bits per heavy atom. The van der Waals surface area contributed by atoms with Crippen molar-refractivity contribution in [3.63, 3.8) is 0 Å². The van der Waals surface area contributed by atoms with E-state index in [1.807, 2.05) is 6.92 Å². The maximum Gasteiger partial charge on any atom is 0.106 e. The molecular formula is C6H17N3OS. The van der Waals surface area contributed by atoms with E-state index < -0.39 is 6.29 Å². The highest BCUT2D eigenvalue weighted by molar-refractivity contribution is 8.00. The van der Waals surface area contributed by atoms with Crippen molar-refractivity contribution >= 4 is 11.8 Å². The van der Waals surface area contributed by atoms with Gasteiger partial charge in [-0.05, 0) is 6.92 Å². The Morgan fingerprint density at radius 1 is 1.45 bits per heavy atom. The quantitative estimate of drug-likeness (QED) is 0.417. The van der Waals surface area contributed by atoms with Gasteiger partial charge in [0, 0.05) is 11.8 Å². The minimum Gasteiger partial charge on any atom is -0.383 e. The molecule has 2 unspecified atom stereocenters. The number of nitrogens with one attached hydrogen (secondary N) is 1. The molecule has 0 aromatic carbocycles. The Bertz CT molecular complexity index is 99.8. The van der Waals surface area contributed by atoms with Crippen LogP contribution in [0, 0.1) is 0 Å². The lowest BCUT2D eigenvalue weighted by Crippen LogP contribution is -2.47. The van der Waals surface area contributed by atoms with Gasteiger partial charge >= 0.3 is 0 Å². The molecule has 0 aliphatic rings. The Balaban J connectivity index is 3.29. The van der Waals surface area contributed by atoms with Crippen LogP contribution >= 0.6 is 11.8 Å². The topological polar surface area (TPSA) is 84.3 Å². The van der Waals surface area contributed by atoms with Gasteiger partial charge in [-0.3, -0.25) is 5.32 Å². The molecule has 0 bridgehead atoms. The zero-order chi connectivity index (χ0) is 8.85. The van der Waals surface area contributed by atoms with Crippen molar-refractivity contribution in [2.45, 2.75) is 30.8 Å². The van der Waals surface area contributed by atoms with Crippen molar-refractivity contribution in [2.24, 2.45) is 11.5 Å². The maximum atomic E-state index is 8.96. The van der Waals surface area contributed by atoms with Crippen LogP contribution in [0.5, 0.6) is 0 Å². The summed E-state index contributed by atoms with van der Waals surface area (Å²) in [5.74, 6) is 0. The summed E-state index contributed by atoms with van der Waals surface area (Å²) in [5, 5.41) is 12.2. The second-order valence-corrected chi connectivity index (χ2v) is 4.24. The molecule has 68 valence electrons. The maximum absolute atomic E-state index is 8.96. The normalized spacial score (nSPS) is 16.9. The highest BCUT2D eigenvalue weighted by Gasteiger charge is 2.06. The Hall–Kier alpha value is 0.190. The van der Waals surface area contributed by atoms with Crippen molar-refractivity contribution in [3.8, 4) is 0 Å². The van der Waals surface area contributed by atoms with Gasteiger partial charge in [0.05, 0.1) is 5.44 Å². The summed E-state index contributed by atoms with van der Waals surface area (Å²) >= 11 is 1.48. The van der Waals surface area contributed by atoms with Gasteiger partial charge in [-0.1, -0.05) is 6.92 Å². The molecule has 0 spiro atoms. The van der Waals surface area contributed by atoms with E-state index >= 15 is 0 Å². The largest absolute Gasteiger partial charge is 0.383 e. The monoisotopic (exact) mass is 179 g/mol. The third kappa shape index (κ3) is 8.09. The molecule has 0 aliphatic heterocycles. The van der Waals surface area contributed by atoms with E-state index in [2.05, 4.69) is 5.32 Å². The van der Waals surface area contributed by atoms with Gasteiger partial charge in [0.15, 0.2) is 0 Å². The standard InChI is InChI=1S/C6H17N3OS/c1-4(11-5(2)10)3-9-6(7)8/h4-6,9-10H,3,7-8H2,1-2H3. The minimum absolute atomic E-state index is 0.324. The van der Waals surface area contributed by atoms with E-state index in [1.165, 1.54) is 11.8 Å².